The summed E-state index contributed by atoms with van der Waals surface area (Å²) in [5, 5.41) is 6.23. The molecule has 146 valence electrons. The highest BCUT2D eigenvalue weighted by Crippen LogP contribution is 2.33. The number of urea groups is 1. The van der Waals surface area contributed by atoms with Gasteiger partial charge < -0.3 is 20.7 Å². The van der Waals surface area contributed by atoms with Crippen molar-refractivity contribution in [3.05, 3.63) is 35.4 Å². The van der Waals surface area contributed by atoms with Gasteiger partial charge in [0.15, 0.2) is 0 Å². The number of methoxy groups -OCH3 is 1. The van der Waals surface area contributed by atoms with Gasteiger partial charge in [-0.3, -0.25) is 10.1 Å². The van der Waals surface area contributed by atoms with Crippen LogP contribution in [0, 0.1) is 0 Å². The second-order valence-corrected chi connectivity index (χ2v) is 7.61. The second kappa shape index (κ2) is 10.1. The van der Waals surface area contributed by atoms with Crippen molar-refractivity contribution in [1.29, 1.82) is 0 Å². The van der Waals surface area contributed by atoms with E-state index in [2.05, 4.69) is 15.0 Å². The number of hydrogen-bond acceptors (Lipinski definition) is 7. The molecule has 0 unspecified atom stereocenters. The second-order valence-electron chi connectivity index (χ2n) is 5.88. The van der Waals surface area contributed by atoms with Gasteiger partial charge in [-0.1, -0.05) is 23.9 Å². The van der Waals surface area contributed by atoms with E-state index in [1.54, 1.807) is 7.11 Å². The van der Waals surface area contributed by atoms with E-state index in [1.165, 1.54) is 11.8 Å². The number of carbonyl (C=O) groups is 2. The van der Waals surface area contributed by atoms with Crippen LogP contribution in [0.5, 0.6) is 5.75 Å². The molecule has 0 radical (unpaired) electrons. The normalized spacial score (nSPS) is 10.7. The first-order valence-electron chi connectivity index (χ1n) is 8.15. The molecule has 3 amide bonds. The summed E-state index contributed by atoms with van der Waals surface area (Å²) in [4.78, 5) is 25.8. The predicted octanol–water partition coefficient (Wildman–Crippen LogP) is 2.23. The van der Waals surface area contributed by atoms with Crippen molar-refractivity contribution < 1.29 is 14.3 Å². The van der Waals surface area contributed by atoms with E-state index in [1.807, 2.05) is 43.3 Å². The Hall–Kier alpha value is -2.30. The van der Waals surface area contributed by atoms with Crippen molar-refractivity contribution in [3.63, 3.8) is 0 Å². The molecule has 0 bridgehead atoms. The lowest BCUT2D eigenvalue weighted by Gasteiger charge is -2.11. The molecule has 27 heavy (non-hydrogen) atoms. The number of anilines is 1. The molecule has 1 heterocycles. The number of carbonyl (C=O) groups excluding carboxylic acids is 2. The Balaban J connectivity index is 2.00. The third-order valence-corrected chi connectivity index (χ3v) is 5.44. The minimum absolute atomic E-state index is 0.237. The van der Waals surface area contributed by atoms with E-state index in [9.17, 15) is 9.59 Å². The van der Waals surface area contributed by atoms with Gasteiger partial charge in [0, 0.05) is 18.8 Å². The number of amides is 3. The smallest absolute Gasteiger partial charge is 0.319 e. The summed E-state index contributed by atoms with van der Waals surface area (Å²) >= 11 is 2.43. The highest BCUT2D eigenvalue weighted by atomic mass is 32.2. The van der Waals surface area contributed by atoms with Gasteiger partial charge in [0.2, 0.25) is 0 Å². The van der Waals surface area contributed by atoms with Crippen LogP contribution in [0.25, 0.3) is 0 Å². The molecule has 8 nitrogen and oxygen atoms in total. The molecule has 0 fully saturated rings. The number of primary amides is 1. The maximum absolute atomic E-state index is 12.0. The topological polar surface area (TPSA) is 110 Å². The van der Waals surface area contributed by atoms with Crippen LogP contribution < -0.4 is 21.1 Å². The number of hydrogen-bond donors (Lipinski definition) is 3. The minimum Gasteiger partial charge on any atom is -0.497 e. The minimum atomic E-state index is -0.621. The molecular formula is C17H23N5O3S2. The molecule has 2 rings (SSSR count). The fraction of sp³-hybridized carbons (Fsp3) is 0.353. The van der Waals surface area contributed by atoms with Gasteiger partial charge in [-0.05, 0) is 43.3 Å². The fourth-order valence-electron chi connectivity index (χ4n) is 2.09. The molecule has 1 aromatic carbocycles. The van der Waals surface area contributed by atoms with Crippen molar-refractivity contribution in [2.45, 2.75) is 10.8 Å². The van der Waals surface area contributed by atoms with Gasteiger partial charge in [0.1, 0.15) is 21.3 Å². The standard InChI is InChI=1S/C17H23N5O3S2/c1-22(2)9-8-19-17(24)20-15-13(14(18)23)16(21-27-15)26-10-11-4-6-12(25-3)7-5-11/h4-7H,8-10H2,1-3H3,(H2,18,23)(H2,19,20,24). The van der Waals surface area contributed by atoms with Crippen LogP contribution >= 0.6 is 23.3 Å². The van der Waals surface area contributed by atoms with E-state index in [4.69, 9.17) is 10.5 Å². The Morgan fingerprint density at radius 2 is 2.00 bits per heavy atom. The maximum atomic E-state index is 12.0. The highest BCUT2D eigenvalue weighted by Gasteiger charge is 2.20. The summed E-state index contributed by atoms with van der Waals surface area (Å²) < 4.78 is 9.41. The Morgan fingerprint density at radius 3 is 2.59 bits per heavy atom. The summed E-state index contributed by atoms with van der Waals surface area (Å²) in [6.45, 7) is 1.20. The number of benzene rings is 1. The zero-order valence-corrected chi connectivity index (χ0v) is 17.1. The van der Waals surface area contributed by atoms with Crippen molar-refractivity contribution in [3.8, 4) is 5.75 Å². The molecule has 0 atom stereocenters. The van der Waals surface area contributed by atoms with Gasteiger partial charge >= 0.3 is 6.03 Å². The zero-order chi connectivity index (χ0) is 19.8. The molecule has 0 aliphatic heterocycles. The average molecular weight is 410 g/mol. The quantitative estimate of drug-likeness (QED) is 0.548. The number of rotatable bonds is 9. The Morgan fingerprint density at radius 1 is 1.30 bits per heavy atom. The summed E-state index contributed by atoms with van der Waals surface area (Å²) in [6.07, 6.45) is 0. The number of nitrogens with zero attached hydrogens (tertiary/aromatic N) is 2. The highest BCUT2D eigenvalue weighted by molar-refractivity contribution is 7.98. The number of likely N-dealkylation sites (N-methyl/N-ethyl adjacent to an activating group) is 1. The van der Waals surface area contributed by atoms with Crippen LogP contribution in [0.2, 0.25) is 0 Å². The third-order valence-electron chi connectivity index (χ3n) is 3.51. The fourth-order valence-corrected chi connectivity index (χ4v) is 4.01. The lowest BCUT2D eigenvalue weighted by atomic mass is 10.2. The summed E-state index contributed by atoms with van der Waals surface area (Å²) in [5.74, 6) is 0.772. The summed E-state index contributed by atoms with van der Waals surface area (Å²) in [6, 6.07) is 7.24. The van der Waals surface area contributed by atoms with E-state index in [0.29, 0.717) is 28.9 Å². The maximum Gasteiger partial charge on any atom is 0.319 e. The van der Waals surface area contributed by atoms with Crippen LogP contribution in [-0.4, -0.2) is 55.5 Å². The molecule has 0 aliphatic carbocycles. The van der Waals surface area contributed by atoms with Crippen molar-refractivity contribution >= 4 is 40.2 Å². The lowest BCUT2D eigenvalue weighted by Crippen LogP contribution is -2.34. The summed E-state index contributed by atoms with van der Waals surface area (Å²) in [5.41, 5.74) is 6.79. The van der Waals surface area contributed by atoms with Crippen LogP contribution in [0.15, 0.2) is 29.3 Å². The molecule has 0 saturated heterocycles. The number of thioether (sulfide) groups is 1. The van der Waals surface area contributed by atoms with E-state index >= 15 is 0 Å². The SMILES string of the molecule is COc1ccc(CSc2nsc(NC(=O)NCCN(C)C)c2C(N)=O)cc1. The molecule has 10 heteroatoms. The molecule has 0 aliphatic rings. The van der Waals surface area contributed by atoms with Gasteiger partial charge in [-0.2, -0.15) is 4.37 Å². The van der Waals surface area contributed by atoms with Crippen LogP contribution in [0.3, 0.4) is 0 Å². The number of nitrogens with two attached hydrogens (primary N) is 1. The van der Waals surface area contributed by atoms with Gasteiger partial charge in [0.25, 0.3) is 5.91 Å². The molecular weight excluding hydrogens is 386 g/mol. The molecule has 4 N–H and O–H groups in total. The molecule has 2 aromatic rings. The number of ether oxygens (including phenoxy) is 1. The van der Waals surface area contributed by atoms with Crippen LogP contribution in [0.4, 0.5) is 9.80 Å². The first kappa shape index (κ1) is 21.0. The largest absolute Gasteiger partial charge is 0.497 e. The summed E-state index contributed by atoms with van der Waals surface area (Å²) in [7, 11) is 5.45. The van der Waals surface area contributed by atoms with Gasteiger partial charge in [-0.15, -0.1) is 0 Å². The number of nitrogens with one attached hydrogen (secondary N) is 2. The molecule has 1 aromatic heterocycles. The van der Waals surface area contributed by atoms with Gasteiger partial charge in [0.05, 0.1) is 7.11 Å². The van der Waals surface area contributed by atoms with E-state index < -0.39 is 11.9 Å². The first-order valence-corrected chi connectivity index (χ1v) is 9.91. The van der Waals surface area contributed by atoms with Crippen molar-refractivity contribution in [2.24, 2.45) is 5.73 Å². The van der Waals surface area contributed by atoms with E-state index in [0.717, 1.165) is 22.8 Å². The van der Waals surface area contributed by atoms with Crippen LogP contribution in [0.1, 0.15) is 15.9 Å². The third kappa shape index (κ3) is 6.42. The molecule has 0 spiro atoms. The first-order chi connectivity index (χ1) is 12.9. The molecule has 0 saturated carbocycles. The monoisotopic (exact) mass is 409 g/mol. The van der Waals surface area contributed by atoms with E-state index in [-0.39, 0.29) is 5.56 Å². The predicted molar refractivity (Wildman–Crippen MR) is 109 cm³/mol. The zero-order valence-electron chi connectivity index (χ0n) is 15.4. The Bertz CT molecular complexity index is 777. The average Bonchev–Trinajstić information content (AvgIpc) is 3.02. The lowest BCUT2D eigenvalue weighted by molar-refractivity contribution is 0.0998. The Labute approximate surface area is 166 Å². The Kier molecular flexibility index (Phi) is 7.89. The van der Waals surface area contributed by atoms with Crippen LogP contribution in [-0.2, 0) is 5.75 Å². The van der Waals surface area contributed by atoms with Crippen molar-refractivity contribution in [1.82, 2.24) is 14.6 Å². The van der Waals surface area contributed by atoms with Gasteiger partial charge in [-0.25, -0.2) is 4.79 Å². The van der Waals surface area contributed by atoms with Crippen molar-refractivity contribution in [2.75, 3.05) is 39.6 Å². The number of aromatic nitrogens is 1.